The predicted octanol–water partition coefficient (Wildman–Crippen LogP) is 1.81. The molecular formula is C13H13N3O4. The van der Waals surface area contributed by atoms with Gasteiger partial charge in [0.15, 0.2) is 0 Å². The van der Waals surface area contributed by atoms with E-state index in [1.54, 1.807) is 38.1 Å². The first kappa shape index (κ1) is 13.7. The highest BCUT2D eigenvalue weighted by atomic mass is 16.5. The van der Waals surface area contributed by atoms with Gasteiger partial charge in [0.25, 0.3) is 0 Å². The van der Waals surface area contributed by atoms with Crippen LogP contribution in [0.4, 0.5) is 5.69 Å². The fourth-order valence-corrected chi connectivity index (χ4v) is 1.48. The van der Waals surface area contributed by atoms with Crippen molar-refractivity contribution in [3.05, 3.63) is 41.6 Å². The van der Waals surface area contributed by atoms with Gasteiger partial charge in [-0.1, -0.05) is 0 Å². The number of benzene rings is 1. The molecule has 1 aromatic carbocycles. The highest BCUT2D eigenvalue weighted by Gasteiger charge is 2.13. The van der Waals surface area contributed by atoms with E-state index in [1.165, 1.54) is 0 Å². The van der Waals surface area contributed by atoms with Gasteiger partial charge >= 0.3 is 17.8 Å². The molecule has 0 aliphatic rings. The smallest absolute Gasteiger partial charge is 0.338 e. The van der Waals surface area contributed by atoms with Crippen molar-refractivity contribution < 1.29 is 18.7 Å². The summed E-state index contributed by atoms with van der Waals surface area (Å²) in [6.07, 6.45) is 0. The molecule has 104 valence electrons. The zero-order chi connectivity index (χ0) is 14.5. The summed E-state index contributed by atoms with van der Waals surface area (Å²) in [6, 6.07) is 6.31. The van der Waals surface area contributed by atoms with Crippen molar-refractivity contribution in [2.45, 2.75) is 13.8 Å². The lowest BCUT2D eigenvalue weighted by Crippen LogP contribution is -2.12. The molecule has 0 fully saturated rings. The Bertz CT molecular complexity index is 619. The van der Waals surface area contributed by atoms with Gasteiger partial charge in [-0.3, -0.25) is 4.79 Å². The van der Waals surface area contributed by atoms with E-state index < -0.39 is 11.9 Å². The topological polar surface area (TPSA) is 94.3 Å². The average molecular weight is 275 g/mol. The van der Waals surface area contributed by atoms with E-state index in [9.17, 15) is 9.59 Å². The first-order valence-corrected chi connectivity index (χ1v) is 5.98. The highest BCUT2D eigenvalue weighted by molar-refractivity contribution is 6.01. The van der Waals surface area contributed by atoms with Crippen LogP contribution in [0.3, 0.4) is 0 Å². The molecule has 0 radical (unpaired) electrons. The molecule has 0 aliphatic heterocycles. The molecular weight excluding hydrogens is 262 g/mol. The van der Waals surface area contributed by atoms with Crippen LogP contribution in [-0.2, 0) is 4.74 Å². The first-order chi connectivity index (χ1) is 9.60. The van der Waals surface area contributed by atoms with Crippen LogP contribution in [0.1, 0.15) is 33.9 Å². The zero-order valence-corrected chi connectivity index (χ0v) is 11.0. The van der Waals surface area contributed by atoms with E-state index in [4.69, 9.17) is 9.15 Å². The van der Waals surface area contributed by atoms with Crippen molar-refractivity contribution in [1.29, 1.82) is 0 Å². The van der Waals surface area contributed by atoms with Gasteiger partial charge in [-0.05, 0) is 31.2 Å². The quantitative estimate of drug-likeness (QED) is 0.855. The molecule has 20 heavy (non-hydrogen) atoms. The average Bonchev–Trinajstić information content (AvgIpc) is 2.86. The molecule has 1 amide bonds. The van der Waals surface area contributed by atoms with Crippen molar-refractivity contribution in [3.8, 4) is 0 Å². The van der Waals surface area contributed by atoms with E-state index in [2.05, 4.69) is 15.5 Å². The first-order valence-electron chi connectivity index (χ1n) is 5.98. The van der Waals surface area contributed by atoms with Crippen molar-refractivity contribution in [2.24, 2.45) is 0 Å². The molecule has 2 aromatic rings. The lowest BCUT2D eigenvalue weighted by atomic mass is 10.2. The third kappa shape index (κ3) is 3.19. The van der Waals surface area contributed by atoms with Gasteiger partial charge in [0.05, 0.1) is 12.2 Å². The molecule has 0 saturated heterocycles. The fourth-order valence-electron chi connectivity index (χ4n) is 1.48. The summed E-state index contributed by atoms with van der Waals surface area (Å²) >= 11 is 0. The summed E-state index contributed by atoms with van der Waals surface area (Å²) in [5, 5.41) is 9.76. The highest BCUT2D eigenvalue weighted by Crippen LogP contribution is 2.12. The van der Waals surface area contributed by atoms with Crippen molar-refractivity contribution in [3.63, 3.8) is 0 Å². The number of carbonyl (C=O) groups excluding carboxylic acids is 2. The maximum absolute atomic E-state index is 11.7. The Balaban J connectivity index is 2.04. The third-order valence-electron chi connectivity index (χ3n) is 2.37. The molecule has 0 atom stereocenters. The molecule has 0 unspecified atom stereocenters. The molecule has 1 aromatic heterocycles. The number of nitrogens with one attached hydrogen (secondary N) is 1. The van der Waals surface area contributed by atoms with E-state index in [0.717, 1.165) is 0 Å². The van der Waals surface area contributed by atoms with Gasteiger partial charge in [-0.2, -0.15) is 0 Å². The molecule has 0 spiro atoms. The monoisotopic (exact) mass is 275 g/mol. The number of anilines is 1. The van der Waals surface area contributed by atoms with E-state index in [0.29, 0.717) is 23.7 Å². The van der Waals surface area contributed by atoms with Gasteiger partial charge in [-0.25, -0.2) is 4.79 Å². The fraction of sp³-hybridized carbons (Fsp3) is 0.231. The van der Waals surface area contributed by atoms with Crippen LogP contribution in [0.5, 0.6) is 0 Å². The second-order valence-corrected chi connectivity index (χ2v) is 3.88. The molecule has 1 N–H and O–H groups in total. The van der Waals surface area contributed by atoms with Gasteiger partial charge in [0.2, 0.25) is 5.89 Å². The Morgan fingerprint density at radius 3 is 2.50 bits per heavy atom. The summed E-state index contributed by atoms with van der Waals surface area (Å²) in [6.45, 7) is 3.64. The van der Waals surface area contributed by atoms with Crippen molar-refractivity contribution in [2.75, 3.05) is 11.9 Å². The number of esters is 1. The van der Waals surface area contributed by atoms with Crippen molar-refractivity contribution >= 4 is 17.6 Å². The minimum Gasteiger partial charge on any atom is -0.462 e. The molecule has 0 saturated carbocycles. The largest absolute Gasteiger partial charge is 0.462 e. The lowest BCUT2D eigenvalue weighted by Gasteiger charge is -2.04. The van der Waals surface area contributed by atoms with Crippen LogP contribution in [0, 0.1) is 6.92 Å². The molecule has 7 heteroatoms. The molecule has 7 nitrogen and oxygen atoms in total. The summed E-state index contributed by atoms with van der Waals surface area (Å²) in [4.78, 5) is 23.2. The number of aryl methyl sites for hydroxylation is 1. The van der Waals surface area contributed by atoms with E-state index in [-0.39, 0.29) is 5.89 Å². The Morgan fingerprint density at radius 1 is 1.25 bits per heavy atom. The zero-order valence-electron chi connectivity index (χ0n) is 11.0. The Labute approximate surface area is 115 Å². The van der Waals surface area contributed by atoms with Crippen LogP contribution in [0.2, 0.25) is 0 Å². The third-order valence-corrected chi connectivity index (χ3v) is 2.37. The molecule has 1 heterocycles. The van der Waals surface area contributed by atoms with Gasteiger partial charge in [-0.15, -0.1) is 10.2 Å². The number of amides is 1. The summed E-state index contributed by atoms with van der Waals surface area (Å²) < 4.78 is 9.86. The number of rotatable bonds is 4. The van der Waals surface area contributed by atoms with Crippen LogP contribution < -0.4 is 5.32 Å². The number of nitrogens with zero attached hydrogens (tertiary/aromatic N) is 2. The summed E-state index contributed by atoms with van der Waals surface area (Å²) in [5.74, 6) is -0.711. The van der Waals surface area contributed by atoms with Crippen LogP contribution in [0.15, 0.2) is 28.7 Å². The minimum absolute atomic E-state index is 0.114. The maximum Gasteiger partial charge on any atom is 0.338 e. The molecule has 2 rings (SSSR count). The molecule has 0 aliphatic carbocycles. The second kappa shape index (κ2) is 5.96. The van der Waals surface area contributed by atoms with E-state index >= 15 is 0 Å². The Morgan fingerprint density at radius 2 is 1.95 bits per heavy atom. The number of ether oxygens (including phenoxy) is 1. The Hall–Kier alpha value is -2.70. The minimum atomic E-state index is -0.505. The Kier molecular flexibility index (Phi) is 4.09. The SMILES string of the molecule is CCOC(=O)c1ccc(NC(=O)c2nnc(C)o2)cc1. The molecule has 0 bridgehead atoms. The standard InChI is InChI=1S/C13H13N3O4/c1-3-19-13(18)9-4-6-10(7-5-9)14-11(17)12-16-15-8(2)20-12/h4-7H,3H2,1-2H3,(H,14,17). The summed E-state index contributed by atoms with van der Waals surface area (Å²) in [5.41, 5.74) is 0.928. The normalized spacial score (nSPS) is 10.1. The van der Waals surface area contributed by atoms with Crippen LogP contribution in [-0.4, -0.2) is 28.7 Å². The number of hydrogen-bond acceptors (Lipinski definition) is 6. The van der Waals surface area contributed by atoms with Gasteiger partial charge in [0.1, 0.15) is 0 Å². The lowest BCUT2D eigenvalue weighted by molar-refractivity contribution is 0.0526. The van der Waals surface area contributed by atoms with Gasteiger partial charge in [0, 0.05) is 12.6 Å². The van der Waals surface area contributed by atoms with Crippen LogP contribution >= 0.6 is 0 Å². The van der Waals surface area contributed by atoms with Crippen molar-refractivity contribution in [1.82, 2.24) is 10.2 Å². The number of hydrogen-bond donors (Lipinski definition) is 1. The summed E-state index contributed by atoms with van der Waals surface area (Å²) in [7, 11) is 0. The number of carbonyl (C=O) groups is 2. The maximum atomic E-state index is 11.7. The van der Waals surface area contributed by atoms with E-state index in [1.807, 2.05) is 0 Å². The van der Waals surface area contributed by atoms with Crippen LogP contribution in [0.25, 0.3) is 0 Å². The second-order valence-electron chi connectivity index (χ2n) is 3.88. The van der Waals surface area contributed by atoms with Gasteiger partial charge < -0.3 is 14.5 Å². The number of aromatic nitrogens is 2. The predicted molar refractivity (Wildman–Crippen MR) is 69.4 cm³/mol.